The van der Waals surface area contributed by atoms with Crippen molar-refractivity contribution in [1.29, 1.82) is 0 Å². The quantitative estimate of drug-likeness (QED) is 0.692. The molecule has 0 fully saturated rings. The second kappa shape index (κ2) is 7.13. The zero-order valence-electron chi connectivity index (χ0n) is 12.4. The van der Waals surface area contributed by atoms with Crippen molar-refractivity contribution in [3.05, 3.63) is 59.7 Å². The van der Waals surface area contributed by atoms with Gasteiger partial charge in [-0.05, 0) is 35.5 Å². The minimum absolute atomic E-state index is 0.0995. The molecule has 0 heterocycles. The van der Waals surface area contributed by atoms with E-state index in [1.807, 2.05) is 30.3 Å². The highest BCUT2D eigenvalue weighted by atomic mass is 32.2. The molecule has 114 valence electrons. The Kier molecular flexibility index (Phi) is 5.22. The highest BCUT2D eigenvalue weighted by molar-refractivity contribution is 8.13. The average molecular weight is 315 g/mol. The zero-order chi connectivity index (χ0) is 16.1. The highest BCUT2D eigenvalue weighted by Crippen LogP contribution is 2.28. The van der Waals surface area contributed by atoms with Gasteiger partial charge in [-0.3, -0.25) is 9.59 Å². The van der Waals surface area contributed by atoms with Crippen molar-refractivity contribution >= 4 is 22.8 Å². The number of rotatable bonds is 4. The number of benzene rings is 2. The summed E-state index contributed by atoms with van der Waals surface area (Å²) in [7, 11) is 3.32. The molecule has 0 aliphatic carbocycles. The minimum Gasteiger partial charge on any atom is -0.507 e. The molecule has 2 rings (SSSR count). The second-order valence-corrected chi connectivity index (χ2v) is 6.05. The van der Waals surface area contributed by atoms with Gasteiger partial charge in [0.1, 0.15) is 5.75 Å². The lowest BCUT2D eigenvalue weighted by Crippen LogP contribution is -2.16. The van der Waals surface area contributed by atoms with Crippen LogP contribution in [0.15, 0.2) is 53.4 Å². The first-order chi connectivity index (χ1) is 10.5. The SMILES string of the molecule is CN(C)C(=O)Sc1ccc(C(=O)Cc2ccccc2)c(O)c1. The lowest BCUT2D eigenvalue weighted by molar-refractivity contribution is 0.0990. The van der Waals surface area contributed by atoms with Gasteiger partial charge in [0.15, 0.2) is 5.78 Å². The normalized spacial score (nSPS) is 10.3. The van der Waals surface area contributed by atoms with Crippen LogP contribution in [0.4, 0.5) is 4.79 Å². The van der Waals surface area contributed by atoms with Gasteiger partial charge in [-0.1, -0.05) is 30.3 Å². The number of hydrogen-bond acceptors (Lipinski definition) is 4. The largest absolute Gasteiger partial charge is 0.507 e. The molecule has 4 nitrogen and oxygen atoms in total. The third kappa shape index (κ3) is 4.11. The van der Waals surface area contributed by atoms with E-state index >= 15 is 0 Å². The van der Waals surface area contributed by atoms with Crippen molar-refractivity contribution in [2.45, 2.75) is 11.3 Å². The van der Waals surface area contributed by atoms with Gasteiger partial charge in [0, 0.05) is 25.4 Å². The van der Waals surface area contributed by atoms with E-state index < -0.39 is 0 Å². The number of aromatic hydroxyl groups is 1. The van der Waals surface area contributed by atoms with Gasteiger partial charge in [-0.15, -0.1) is 0 Å². The van der Waals surface area contributed by atoms with E-state index in [-0.39, 0.29) is 28.8 Å². The molecular weight excluding hydrogens is 298 g/mol. The Hall–Kier alpha value is -2.27. The molecule has 0 aromatic heterocycles. The summed E-state index contributed by atoms with van der Waals surface area (Å²) in [5, 5.41) is 9.90. The van der Waals surface area contributed by atoms with Gasteiger partial charge in [-0.2, -0.15) is 0 Å². The molecule has 0 radical (unpaired) electrons. The number of carbonyl (C=O) groups excluding carboxylic acids is 2. The van der Waals surface area contributed by atoms with Crippen LogP contribution in [0.2, 0.25) is 0 Å². The van der Waals surface area contributed by atoms with Gasteiger partial charge >= 0.3 is 0 Å². The molecule has 0 saturated carbocycles. The third-order valence-corrected chi connectivity index (χ3v) is 4.08. The molecule has 0 atom stereocenters. The summed E-state index contributed by atoms with van der Waals surface area (Å²) in [5.74, 6) is -0.253. The molecule has 0 aliphatic heterocycles. The maximum absolute atomic E-state index is 12.2. The van der Waals surface area contributed by atoms with E-state index in [0.29, 0.717) is 4.90 Å². The Morgan fingerprint density at radius 2 is 1.77 bits per heavy atom. The van der Waals surface area contributed by atoms with Crippen molar-refractivity contribution in [2.24, 2.45) is 0 Å². The molecule has 0 saturated heterocycles. The number of amides is 1. The summed E-state index contributed by atoms with van der Waals surface area (Å²) in [6, 6.07) is 14.0. The van der Waals surface area contributed by atoms with Crippen LogP contribution >= 0.6 is 11.8 Å². The van der Waals surface area contributed by atoms with Gasteiger partial charge in [0.05, 0.1) is 5.56 Å². The number of nitrogens with zero attached hydrogens (tertiary/aromatic N) is 1. The molecular formula is C17H17NO3S. The molecule has 2 aromatic rings. The van der Waals surface area contributed by atoms with Crippen LogP contribution in [0.5, 0.6) is 5.75 Å². The smallest absolute Gasteiger partial charge is 0.285 e. The fourth-order valence-electron chi connectivity index (χ4n) is 1.88. The first-order valence-electron chi connectivity index (χ1n) is 6.76. The van der Waals surface area contributed by atoms with Crippen LogP contribution in [-0.4, -0.2) is 35.1 Å². The molecule has 0 unspecified atom stereocenters. The first kappa shape index (κ1) is 16.1. The minimum atomic E-state index is -0.154. The van der Waals surface area contributed by atoms with Crippen LogP contribution in [0, 0.1) is 0 Å². The number of Topliss-reactive ketones (excluding diaryl/α,β-unsaturated/α-hetero) is 1. The maximum Gasteiger partial charge on any atom is 0.285 e. The molecule has 5 heteroatoms. The summed E-state index contributed by atoms with van der Waals surface area (Å²) < 4.78 is 0. The summed E-state index contributed by atoms with van der Waals surface area (Å²) >= 11 is 1.01. The topological polar surface area (TPSA) is 57.6 Å². The number of phenols is 1. The van der Waals surface area contributed by atoms with Crippen molar-refractivity contribution in [2.75, 3.05) is 14.1 Å². The van der Waals surface area contributed by atoms with Crippen LogP contribution in [0.25, 0.3) is 0 Å². The van der Waals surface area contributed by atoms with Crippen molar-refractivity contribution in [1.82, 2.24) is 4.90 Å². The van der Waals surface area contributed by atoms with E-state index in [0.717, 1.165) is 17.3 Å². The lowest BCUT2D eigenvalue weighted by atomic mass is 10.0. The molecule has 1 amide bonds. The number of carbonyl (C=O) groups is 2. The zero-order valence-corrected chi connectivity index (χ0v) is 13.3. The number of hydrogen-bond donors (Lipinski definition) is 1. The molecule has 0 bridgehead atoms. The fourth-order valence-corrected chi connectivity index (χ4v) is 2.57. The molecule has 22 heavy (non-hydrogen) atoms. The number of thioether (sulfide) groups is 1. The summed E-state index contributed by atoms with van der Waals surface area (Å²) in [4.78, 5) is 25.9. The standard InChI is InChI=1S/C17H17NO3S/c1-18(2)17(21)22-13-8-9-14(16(20)11-13)15(19)10-12-6-4-3-5-7-12/h3-9,11,20H,10H2,1-2H3. The van der Waals surface area contributed by atoms with E-state index in [4.69, 9.17) is 0 Å². The Labute approximate surface area is 133 Å². The third-order valence-electron chi connectivity index (χ3n) is 3.05. The van der Waals surface area contributed by atoms with Gasteiger partial charge in [0.25, 0.3) is 5.24 Å². The fraction of sp³-hybridized carbons (Fsp3) is 0.176. The van der Waals surface area contributed by atoms with Gasteiger partial charge < -0.3 is 10.0 Å². The van der Waals surface area contributed by atoms with Crippen molar-refractivity contribution < 1.29 is 14.7 Å². The Morgan fingerprint density at radius 1 is 1.09 bits per heavy atom. The Morgan fingerprint density at radius 3 is 2.36 bits per heavy atom. The molecule has 0 aliphatic rings. The molecule has 2 aromatic carbocycles. The van der Waals surface area contributed by atoms with E-state index in [1.165, 1.54) is 11.0 Å². The lowest BCUT2D eigenvalue weighted by Gasteiger charge is -2.10. The Bertz CT molecular complexity index is 684. The van der Waals surface area contributed by atoms with Crippen LogP contribution in [0.1, 0.15) is 15.9 Å². The summed E-state index contributed by atoms with van der Waals surface area (Å²) in [6.07, 6.45) is 0.234. The van der Waals surface area contributed by atoms with E-state index in [1.54, 1.807) is 26.2 Å². The maximum atomic E-state index is 12.2. The first-order valence-corrected chi connectivity index (χ1v) is 7.58. The summed E-state index contributed by atoms with van der Waals surface area (Å²) in [5.41, 5.74) is 1.17. The second-order valence-electron chi connectivity index (χ2n) is 5.03. The van der Waals surface area contributed by atoms with Gasteiger partial charge in [0.2, 0.25) is 0 Å². The predicted molar refractivity (Wildman–Crippen MR) is 87.5 cm³/mol. The number of ketones is 1. The van der Waals surface area contributed by atoms with Crippen molar-refractivity contribution in [3.63, 3.8) is 0 Å². The summed E-state index contributed by atoms with van der Waals surface area (Å²) in [6.45, 7) is 0. The van der Waals surface area contributed by atoms with Gasteiger partial charge in [-0.25, -0.2) is 0 Å². The van der Waals surface area contributed by atoms with E-state index in [9.17, 15) is 14.7 Å². The predicted octanol–water partition coefficient (Wildman–Crippen LogP) is 3.59. The van der Waals surface area contributed by atoms with Crippen LogP contribution < -0.4 is 0 Å². The molecule has 1 N–H and O–H groups in total. The number of phenolic OH excluding ortho intramolecular Hbond substituents is 1. The monoisotopic (exact) mass is 315 g/mol. The van der Waals surface area contributed by atoms with Crippen LogP contribution in [-0.2, 0) is 6.42 Å². The molecule has 0 spiro atoms. The Balaban J connectivity index is 2.12. The van der Waals surface area contributed by atoms with Crippen LogP contribution in [0.3, 0.4) is 0 Å². The highest BCUT2D eigenvalue weighted by Gasteiger charge is 2.14. The average Bonchev–Trinajstić information content (AvgIpc) is 2.48. The van der Waals surface area contributed by atoms with E-state index in [2.05, 4.69) is 0 Å². The van der Waals surface area contributed by atoms with Crippen molar-refractivity contribution in [3.8, 4) is 5.75 Å².